The van der Waals surface area contributed by atoms with E-state index >= 15 is 0 Å². The van der Waals surface area contributed by atoms with Crippen molar-refractivity contribution in [1.29, 1.82) is 0 Å². The molecule has 2 rings (SSSR count). The third-order valence-corrected chi connectivity index (χ3v) is 5.28. The fourth-order valence-corrected chi connectivity index (χ4v) is 3.75. The number of halogens is 1. The van der Waals surface area contributed by atoms with Gasteiger partial charge in [0.1, 0.15) is 0 Å². The SMILES string of the molecule is CCNC(=NCc1ccc(C(=O)N(C)C)cc1)NCC(CC(C)C)N1CCCC1.I. The lowest BCUT2D eigenvalue weighted by Gasteiger charge is -2.29. The zero-order valence-corrected chi connectivity index (χ0v) is 21.6. The Bertz CT molecular complexity index is 654. The van der Waals surface area contributed by atoms with E-state index in [2.05, 4.69) is 36.3 Å². The normalized spacial score (nSPS) is 15.6. The largest absolute Gasteiger partial charge is 0.357 e. The van der Waals surface area contributed by atoms with E-state index in [9.17, 15) is 4.79 Å². The maximum absolute atomic E-state index is 12.0. The maximum Gasteiger partial charge on any atom is 0.253 e. The Labute approximate surface area is 199 Å². The number of carbonyl (C=O) groups excluding carboxylic acids is 1. The monoisotopic (exact) mass is 529 g/mol. The second-order valence-corrected chi connectivity index (χ2v) is 8.50. The van der Waals surface area contributed by atoms with E-state index in [0.29, 0.717) is 24.1 Å². The summed E-state index contributed by atoms with van der Waals surface area (Å²) in [6.07, 6.45) is 3.83. The molecule has 7 heteroatoms. The lowest BCUT2D eigenvalue weighted by Crippen LogP contribution is -2.47. The minimum absolute atomic E-state index is 0. The van der Waals surface area contributed by atoms with Crippen LogP contribution in [-0.2, 0) is 6.54 Å². The molecule has 1 saturated heterocycles. The first-order valence-corrected chi connectivity index (χ1v) is 11.0. The molecule has 1 aliphatic heterocycles. The highest BCUT2D eigenvalue weighted by molar-refractivity contribution is 14.0. The van der Waals surface area contributed by atoms with Crippen molar-refractivity contribution in [1.82, 2.24) is 20.4 Å². The minimum atomic E-state index is 0. The van der Waals surface area contributed by atoms with E-state index in [1.54, 1.807) is 19.0 Å². The summed E-state index contributed by atoms with van der Waals surface area (Å²) < 4.78 is 0. The molecule has 1 heterocycles. The average Bonchev–Trinajstić information content (AvgIpc) is 3.23. The molecule has 0 aromatic heterocycles. The number of likely N-dealkylation sites (tertiary alicyclic amines) is 1. The third kappa shape index (κ3) is 8.79. The summed E-state index contributed by atoms with van der Waals surface area (Å²) in [5.41, 5.74) is 1.80. The zero-order valence-electron chi connectivity index (χ0n) is 19.3. The Hall–Kier alpha value is -1.35. The molecule has 0 bridgehead atoms. The topological polar surface area (TPSA) is 60.0 Å². The predicted octanol–water partition coefficient (Wildman–Crippen LogP) is 3.57. The van der Waals surface area contributed by atoms with Crippen LogP contribution < -0.4 is 10.6 Å². The molecule has 1 aliphatic rings. The standard InChI is InChI=1S/C23H39N5O.HI/c1-6-24-23(26-17-21(15-18(2)3)28-13-7-8-14-28)25-16-19-9-11-20(12-10-19)22(29)27(4)5;/h9-12,18,21H,6-8,13-17H2,1-5H3,(H2,24,25,26);1H. The summed E-state index contributed by atoms with van der Waals surface area (Å²) >= 11 is 0. The van der Waals surface area contributed by atoms with Crippen LogP contribution in [0.2, 0.25) is 0 Å². The van der Waals surface area contributed by atoms with Gasteiger partial charge >= 0.3 is 0 Å². The fraction of sp³-hybridized carbons (Fsp3) is 0.652. The summed E-state index contributed by atoms with van der Waals surface area (Å²) in [7, 11) is 3.53. The minimum Gasteiger partial charge on any atom is -0.357 e. The van der Waals surface area contributed by atoms with Crippen LogP contribution in [0.4, 0.5) is 0 Å². The van der Waals surface area contributed by atoms with E-state index < -0.39 is 0 Å². The van der Waals surface area contributed by atoms with Crippen LogP contribution in [-0.4, -0.2) is 68.0 Å². The number of benzene rings is 1. The molecule has 0 aliphatic carbocycles. The van der Waals surface area contributed by atoms with Crippen LogP contribution in [0.3, 0.4) is 0 Å². The smallest absolute Gasteiger partial charge is 0.253 e. The summed E-state index contributed by atoms with van der Waals surface area (Å²) in [4.78, 5) is 21.0. The van der Waals surface area contributed by atoms with E-state index in [1.165, 1.54) is 32.4 Å². The van der Waals surface area contributed by atoms with Gasteiger partial charge in [-0.05, 0) is 62.9 Å². The van der Waals surface area contributed by atoms with Gasteiger partial charge in [0, 0.05) is 38.8 Å². The predicted molar refractivity (Wildman–Crippen MR) is 137 cm³/mol. The fourth-order valence-electron chi connectivity index (χ4n) is 3.75. The molecule has 6 nitrogen and oxygen atoms in total. The second kappa shape index (κ2) is 13.9. The summed E-state index contributed by atoms with van der Waals surface area (Å²) in [6, 6.07) is 8.27. The van der Waals surface area contributed by atoms with Crippen molar-refractivity contribution in [2.75, 3.05) is 40.3 Å². The molecule has 1 fully saturated rings. The highest BCUT2D eigenvalue weighted by Gasteiger charge is 2.22. The maximum atomic E-state index is 12.0. The third-order valence-electron chi connectivity index (χ3n) is 5.28. The number of amides is 1. The Kier molecular flexibility index (Phi) is 12.3. The highest BCUT2D eigenvalue weighted by atomic mass is 127. The Morgan fingerprint density at radius 2 is 1.77 bits per heavy atom. The molecule has 0 spiro atoms. The first kappa shape index (κ1) is 26.7. The molecule has 30 heavy (non-hydrogen) atoms. The number of carbonyl (C=O) groups is 1. The molecule has 2 N–H and O–H groups in total. The quantitative estimate of drug-likeness (QED) is 0.292. The van der Waals surface area contributed by atoms with Crippen molar-refractivity contribution in [3.8, 4) is 0 Å². The van der Waals surface area contributed by atoms with Crippen LogP contribution in [0.1, 0.15) is 56.0 Å². The molecular formula is C23H40IN5O. The first-order valence-electron chi connectivity index (χ1n) is 11.0. The summed E-state index contributed by atoms with van der Waals surface area (Å²) in [5.74, 6) is 1.56. The van der Waals surface area contributed by atoms with Gasteiger partial charge in [-0.1, -0.05) is 26.0 Å². The Balaban J connectivity index is 0.00000450. The van der Waals surface area contributed by atoms with E-state index in [0.717, 1.165) is 24.6 Å². The van der Waals surface area contributed by atoms with Gasteiger partial charge in [-0.15, -0.1) is 24.0 Å². The molecule has 1 atom stereocenters. The van der Waals surface area contributed by atoms with Crippen LogP contribution in [0.25, 0.3) is 0 Å². The summed E-state index contributed by atoms with van der Waals surface area (Å²) in [5, 5.41) is 6.91. The number of guanidine groups is 1. The number of nitrogens with zero attached hydrogens (tertiary/aromatic N) is 3. The number of hydrogen-bond donors (Lipinski definition) is 2. The van der Waals surface area contributed by atoms with Crippen molar-refractivity contribution < 1.29 is 4.79 Å². The van der Waals surface area contributed by atoms with E-state index in [4.69, 9.17) is 4.99 Å². The van der Waals surface area contributed by atoms with Crippen molar-refractivity contribution in [2.45, 2.75) is 52.6 Å². The average molecular weight is 530 g/mol. The summed E-state index contributed by atoms with van der Waals surface area (Å²) in [6.45, 7) is 11.5. The molecule has 0 saturated carbocycles. The lowest BCUT2D eigenvalue weighted by molar-refractivity contribution is 0.0827. The van der Waals surface area contributed by atoms with Crippen LogP contribution in [0.15, 0.2) is 29.3 Å². The van der Waals surface area contributed by atoms with Crippen molar-refractivity contribution in [3.05, 3.63) is 35.4 Å². The van der Waals surface area contributed by atoms with Crippen LogP contribution in [0.5, 0.6) is 0 Å². The molecule has 170 valence electrons. The number of nitrogens with one attached hydrogen (secondary N) is 2. The molecule has 1 amide bonds. The van der Waals surface area contributed by atoms with Gasteiger partial charge in [0.25, 0.3) is 5.91 Å². The van der Waals surface area contributed by atoms with Gasteiger partial charge in [0.05, 0.1) is 6.54 Å². The number of hydrogen-bond acceptors (Lipinski definition) is 3. The zero-order chi connectivity index (χ0) is 21.2. The Morgan fingerprint density at radius 3 is 2.30 bits per heavy atom. The van der Waals surface area contributed by atoms with Gasteiger partial charge in [-0.25, -0.2) is 4.99 Å². The van der Waals surface area contributed by atoms with Crippen molar-refractivity contribution >= 4 is 35.8 Å². The molecule has 1 unspecified atom stereocenters. The lowest BCUT2D eigenvalue weighted by atomic mass is 10.0. The van der Waals surface area contributed by atoms with Crippen molar-refractivity contribution in [3.63, 3.8) is 0 Å². The van der Waals surface area contributed by atoms with Crippen LogP contribution >= 0.6 is 24.0 Å². The van der Waals surface area contributed by atoms with Gasteiger partial charge < -0.3 is 15.5 Å². The Morgan fingerprint density at radius 1 is 1.13 bits per heavy atom. The molecule has 1 aromatic carbocycles. The molecular weight excluding hydrogens is 489 g/mol. The molecule has 0 radical (unpaired) electrons. The van der Waals surface area contributed by atoms with Gasteiger partial charge in [0.15, 0.2) is 5.96 Å². The van der Waals surface area contributed by atoms with Gasteiger partial charge in [-0.3, -0.25) is 9.69 Å². The first-order chi connectivity index (χ1) is 13.9. The van der Waals surface area contributed by atoms with E-state index in [-0.39, 0.29) is 29.9 Å². The second-order valence-electron chi connectivity index (χ2n) is 8.50. The number of aliphatic imine (C=N–C) groups is 1. The molecule has 1 aromatic rings. The highest BCUT2D eigenvalue weighted by Crippen LogP contribution is 2.17. The van der Waals surface area contributed by atoms with Crippen LogP contribution in [0, 0.1) is 5.92 Å². The number of rotatable bonds is 9. The van der Waals surface area contributed by atoms with Crippen molar-refractivity contribution in [2.24, 2.45) is 10.9 Å². The van der Waals surface area contributed by atoms with E-state index in [1.807, 2.05) is 24.3 Å². The van der Waals surface area contributed by atoms with Gasteiger partial charge in [0.2, 0.25) is 0 Å². The van der Waals surface area contributed by atoms with Gasteiger partial charge in [-0.2, -0.15) is 0 Å².